The molecule has 1 N–H and O–H groups in total. The van der Waals surface area contributed by atoms with Gasteiger partial charge in [0.2, 0.25) is 0 Å². The summed E-state index contributed by atoms with van der Waals surface area (Å²) in [6, 6.07) is 0. The number of fused-ring (bicyclic) bond motifs is 1. The maximum Gasteiger partial charge on any atom is 0.194 e. The molecule has 0 bridgehead atoms. The zero-order valence-electron chi connectivity index (χ0n) is 12.6. The van der Waals surface area contributed by atoms with Crippen LogP contribution in [0, 0.1) is 0 Å². The molecule has 6 heteroatoms. The standard InChI is InChI=1S/C14H23N3OS2/c1-14(2,3)15-10-11-12(19-8-5-7-18-4)16-13-17(11)6-9-20-13/h6,9,15H,5,7-8,10H2,1-4H3. The summed E-state index contributed by atoms with van der Waals surface area (Å²) in [7, 11) is 1.75. The summed E-state index contributed by atoms with van der Waals surface area (Å²) < 4.78 is 7.29. The molecule has 0 unspecified atom stereocenters. The Morgan fingerprint density at radius 1 is 1.45 bits per heavy atom. The Bertz CT molecular complexity index is 542. The Labute approximate surface area is 128 Å². The lowest BCUT2D eigenvalue weighted by Gasteiger charge is -2.20. The summed E-state index contributed by atoms with van der Waals surface area (Å²) in [4.78, 5) is 5.81. The molecule has 0 aliphatic carbocycles. The molecule has 2 rings (SSSR count). The van der Waals surface area contributed by atoms with Crippen LogP contribution >= 0.6 is 23.1 Å². The van der Waals surface area contributed by atoms with Gasteiger partial charge in [0.1, 0.15) is 5.03 Å². The van der Waals surface area contributed by atoms with Gasteiger partial charge >= 0.3 is 0 Å². The van der Waals surface area contributed by atoms with Crippen molar-refractivity contribution in [1.82, 2.24) is 14.7 Å². The predicted octanol–water partition coefficient (Wildman–Crippen LogP) is 3.41. The number of imidazole rings is 1. The highest BCUT2D eigenvalue weighted by Crippen LogP contribution is 2.26. The number of thioether (sulfide) groups is 1. The number of aromatic nitrogens is 2. The smallest absolute Gasteiger partial charge is 0.194 e. The predicted molar refractivity (Wildman–Crippen MR) is 86.9 cm³/mol. The molecule has 4 nitrogen and oxygen atoms in total. The van der Waals surface area contributed by atoms with Crippen LogP contribution < -0.4 is 5.32 Å². The molecule has 0 aliphatic heterocycles. The lowest BCUT2D eigenvalue weighted by atomic mass is 10.1. The molecule has 0 saturated carbocycles. The van der Waals surface area contributed by atoms with Crippen LogP contribution in [-0.4, -0.2) is 34.4 Å². The summed E-state index contributed by atoms with van der Waals surface area (Å²) in [6.45, 7) is 8.21. The number of thiazole rings is 1. The van der Waals surface area contributed by atoms with E-state index in [1.807, 2.05) is 11.8 Å². The SMILES string of the molecule is COCCCSc1nc2sccn2c1CNC(C)(C)C. The highest BCUT2D eigenvalue weighted by molar-refractivity contribution is 7.99. The normalized spacial score (nSPS) is 12.4. The molecule has 0 atom stereocenters. The zero-order chi connectivity index (χ0) is 14.6. The molecule has 112 valence electrons. The van der Waals surface area contributed by atoms with Gasteiger partial charge in [0.25, 0.3) is 0 Å². The number of nitrogens with zero attached hydrogens (tertiary/aromatic N) is 2. The molecule has 0 aromatic carbocycles. The van der Waals surface area contributed by atoms with E-state index >= 15 is 0 Å². The van der Waals surface area contributed by atoms with E-state index in [2.05, 4.69) is 42.1 Å². The number of hydrogen-bond donors (Lipinski definition) is 1. The minimum Gasteiger partial charge on any atom is -0.385 e. The van der Waals surface area contributed by atoms with Crippen LogP contribution in [0.1, 0.15) is 32.9 Å². The summed E-state index contributed by atoms with van der Waals surface area (Å²) in [5.41, 5.74) is 1.37. The van der Waals surface area contributed by atoms with Crippen molar-refractivity contribution in [2.45, 2.75) is 44.3 Å². The third-order valence-electron chi connectivity index (χ3n) is 2.84. The van der Waals surface area contributed by atoms with Crippen LogP contribution in [0.4, 0.5) is 0 Å². The highest BCUT2D eigenvalue weighted by Gasteiger charge is 2.16. The van der Waals surface area contributed by atoms with E-state index in [1.54, 1.807) is 18.4 Å². The summed E-state index contributed by atoms with van der Waals surface area (Å²) in [5, 5.41) is 6.78. The first-order chi connectivity index (χ1) is 9.51. The van der Waals surface area contributed by atoms with Crippen LogP contribution in [0.25, 0.3) is 4.96 Å². The van der Waals surface area contributed by atoms with E-state index in [9.17, 15) is 0 Å². The monoisotopic (exact) mass is 313 g/mol. The molecule has 2 aromatic rings. The fraction of sp³-hybridized carbons (Fsp3) is 0.643. The second-order valence-electron chi connectivity index (χ2n) is 5.72. The molecular weight excluding hydrogens is 290 g/mol. The molecule has 2 heterocycles. The molecule has 0 aliphatic rings. The second kappa shape index (κ2) is 6.93. The summed E-state index contributed by atoms with van der Waals surface area (Å²) >= 11 is 3.51. The van der Waals surface area contributed by atoms with E-state index in [4.69, 9.17) is 9.72 Å². The molecule has 0 fully saturated rings. The molecule has 2 aromatic heterocycles. The van der Waals surface area contributed by atoms with Crippen molar-refractivity contribution in [1.29, 1.82) is 0 Å². The largest absolute Gasteiger partial charge is 0.385 e. The topological polar surface area (TPSA) is 38.6 Å². The maximum absolute atomic E-state index is 5.10. The van der Waals surface area contributed by atoms with Crippen molar-refractivity contribution in [2.24, 2.45) is 0 Å². The maximum atomic E-state index is 5.10. The quantitative estimate of drug-likeness (QED) is 0.628. The van der Waals surface area contributed by atoms with Crippen molar-refractivity contribution >= 4 is 28.1 Å². The summed E-state index contributed by atoms with van der Waals surface area (Å²) in [6.07, 6.45) is 3.16. The molecule has 0 amide bonds. The summed E-state index contributed by atoms with van der Waals surface area (Å²) in [5.74, 6) is 1.04. The fourth-order valence-corrected chi connectivity index (χ4v) is 3.54. The first kappa shape index (κ1) is 15.8. The van der Waals surface area contributed by atoms with Gasteiger partial charge in [-0.05, 0) is 27.2 Å². The number of nitrogens with one attached hydrogen (secondary N) is 1. The van der Waals surface area contributed by atoms with Gasteiger partial charge in [-0.1, -0.05) is 0 Å². The van der Waals surface area contributed by atoms with Gasteiger partial charge in [-0.2, -0.15) is 0 Å². The molecule has 20 heavy (non-hydrogen) atoms. The van der Waals surface area contributed by atoms with E-state index in [1.165, 1.54) is 5.69 Å². The van der Waals surface area contributed by atoms with Gasteiger partial charge in [-0.15, -0.1) is 23.1 Å². The van der Waals surface area contributed by atoms with Gasteiger partial charge in [0, 0.05) is 43.1 Å². The van der Waals surface area contributed by atoms with Crippen molar-refractivity contribution in [2.75, 3.05) is 19.5 Å². The van der Waals surface area contributed by atoms with Crippen LogP contribution in [0.5, 0.6) is 0 Å². The van der Waals surface area contributed by atoms with E-state index in [0.717, 1.165) is 35.3 Å². The lowest BCUT2D eigenvalue weighted by molar-refractivity contribution is 0.200. The first-order valence-corrected chi connectivity index (χ1v) is 8.69. The average Bonchev–Trinajstić information content (AvgIpc) is 2.92. The molecular formula is C14H23N3OS2. The van der Waals surface area contributed by atoms with Crippen LogP contribution in [0.15, 0.2) is 16.6 Å². The molecule has 0 saturated heterocycles. The van der Waals surface area contributed by atoms with Crippen LogP contribution in [0.3, 0.4) is 0 Å². The lowest BCUT2D eigenvalue weighted by Crippen LogP contribution is -2.35. The van der Waals surface area contributed by atoms with Gasteiger partial charge in [-0.3, -0.25) is 4.40 Å². The van der Waals surface area contributed by atoms with Crippen LogP contribution in [-0.2, 0) is 11.3 Å². The number of hydrogen-bond acceptors (Lipinski definition) is 5. The van der Waals surface area contributed by atoms with Gasteiger partial charge in [0.05, 0.1) is 5.69 Å². The van der Waals surface area contributed by atoms with Gasteiger partial charge in [-0.25, -0.2) is 4.98 Å². The Hall–Kier alpha value is -0.560. The zero-order valence-corrected chi connectivity index (χ0v) is 14.2. The first-order valence-electron chi connectivity index (χ1n) is 6.82. The Balaban J connectivity index is 2.09. The second-order valence-corrected chi connectivity index (χ2v) is 7.67. The minimum absolute atomic E-state index is 0.109. The van der Waals surface area contributed by atoms with Gasteiger partial charge in [0.15, 0.2) is 4.96 Å². The third-order valence-corrected chi connectivity index (χ3v) is 4.69. The fourth-order valence-electron chi connectivity index (χ4n) is 1.81. The third kappa shape index (κ3) is 4.22. The van der Waals surface area contributed by atoms with E-state index < -0.39 is 0 Å². The number of ether oxygens (including phenoxy) is 1. The number of rotatable bonds is 7. The molecule has 0 spiro atoms. The minimum atomic E-state index is 0.109. The Morgan fingerprint density at radius 3 is 2.95 bits per heavy atom. The number of methoxy groups -OCH3 is 1. The van der Waals surface area contributed by atoms with E-state index in [-0.39, 0.29) is 5.54 Å². The van der Waals surface area contributed by atoms with E-state index in [0.29, 0.717) is 0 Å². The Kier molecular flexibility index (Phi) is 5.49. The van der Waals surface area contributed by atoms with Gasteiger partial charge < -0.3 is 10.1 Å². The van der Waals surface area contributed by atoms with Crippen molar-refractivity contribution in [3.63, 3.8) is 0 Å². The van der Waals surface area contributed by atoms with Crippen LogP contribution in [0.2, 0.25) is 0 Å². The highest BCUT2D eigenvalue weighted by atomic mass is 32.2. The average molecular weight is 313 g/mol. The van der Waals surface area contributed by atoms with Crippen molar-refractivity contribution in [3.8, 4) is 0 Å². The van der Waals surface area contributed by atoms with Crippen molar-refractivity contribution < 1.29 is 4.74 Å². The van der Waals surface area contributed by atoms with Crippen molar-refractivity contribution in [3.05, 3.63) is 17.3 Å². The molecule has 0 radical (unpaired) electrons. The Morgan fingerprint density at radius 2 is 2.25 bits per heavy atom.